The second-order valence-electron chi connectivity index (χ2n) is 4.22. The first-order valence-electron chi connectivity index (χ1n) is 5.82. The summed E-state index contributed by atoms with van der Waals surface area (Å²) in [6.07, 6.45) is 4.20. The molecule has 9 heteroatoms. The van der Waals surface area contributed by atoms with Crippen LogP contribution < -0.4 is 4.72 Å². The second-order valence-corrected chi connectivity index (χ2v) is 5.98. The zero-order valence-electron chi connectivity index (χ0n) is 10.2. The lowest BCUT2D eigenvalue weighted by atomic mass is 10.1. The van der Waals surface area contributed by atoms with E-state index in [2.05, 4.69) is 5.10 Å². The van der Waals surface area contributed by atoms with Crippen LogP contribution in [0.3, 0.4) is 0 Å². The van der Waals surface area contributed by atoms with E-state index in [1.165, 1.54) is 12.4 Å². The van der Waals surface area contributed by atoms with Crippen LogP contribution in [-0.2, 0) is 19.6 Å². The van der Waals surface area contributed by atoms with Crippen LogP contribution in [0.1, 0.15) is 18.9 Å². The van der Waals surface area contributed by atoms with E-state index >= 15 is 0 Å². The smallest absolute Gasteiger partial charge is 0.318 e. The summed E-state index contributed by atoms with van der Waals surface area (Å²) in [5, 5.41) is 12.5. The average Bonchev–Trinajstić information content (AvgIpc) is 2.88. The molecule has 106 valence electrons. The number of ether oxygens (including phenoxy) is 1. The van der Waals surface area contributed by atoms with Crippen molar-refractivity contribution in [2.75, 3.05) is 19.8 Å². The van der Waals surface area contributed by atoms with E-state index in [9.17, 15) is 13.2 Å². The minimum atomic E-state index is -3.82. The first-order valence-corrected chi connectivity index (χ1v) is 7.31. The second kappa shape index (κ2) is 5.68. The number of sulfonamides is 1. The van der Waals surface area contributed by atoms with Crippen LogP contribution in [0, 0.1) is 0 Å². The van der Waals surface area contributed by atoms with Crippen molar-refractivity contribution in [3.05, 3.63) is 12.4 Å². The fourth-order valence-electron chi connectivity index (χ4n) is 1.85. The van der Waals surface area contributed by atoms with Crippen molar-refractivity contribution in [2.24, 2.45) is 0 Å². The molecule has 0 radical (unpaired) electrons. The number of hydrogen-bond acceptors (Lipinski definition) is 5. The zero-order valence-corrected chi connectivity index (χ0v) is 11.0. The Morgan fingerprint density at radius 3 is 2.84 bits per heavy atom. The van der Waals surface area contributed by atoms with Crippen molar-refractivity contribution < 1.29 is 23.1 Å². The highest BCUT2D eigenvalue weighted by molar-refractivity contribution is 7.89. The third-order valence-electron chi connectivity index (χ3n) is 2.87. The van der Waals surface area contributed by atoms with Gasteiger partial charge in [-0.2, -0.15) is 9.82 Å². The number of aromatic nitrogens is 2. The van der Waals surface area contributed by atoms with Gasteiger partial charge in [-0.3, -0.25) is 9.48 Å². The summed E-state index contributed by atoms with van der Waals surface area (Å²) in [4.78, 5) is 10.3. The normalized spacial score (nSPS) is 17.5. The maximum absolute atomic E-state index is 11.8. The monoisotopic (exact) mass is 289 g/mol. The molecule has 19 heavy (non-hydrogen) atoms. The van der Waals surface area contributed by atoms with Gasteiger partial charge in [-0.15, -0.1) is 0 Å². The summed E-state index contributed by atoms with van der Waals surface area (Å²) >= 11 is 0. The fraction of sp³-hybridized carbons (Fsp3) is 0.600. The molecule has 8 nitrogen and oxygen atoms in total. The molecule has 0 atom stereocenters. The summed E-state index contributed by atoms with van der Waals surface area (Å²) < 4.78 is 32.4. The van der Waals surface area contributed by atoms with Crippen LogP contribution in [0.15, 0.2) is 17.3 Å². The van der Waals surface area contributed by atoms with E-state index < -0.39 is 22.5 Å². The summed E-state index contributed by atoms with van der Waals surface area (Å²) in [7, 11) is -3.82. The molecule has 2 rings (SSSR count). The Hall–Kier alpha value is -1.45. The van der Waals surface area contributed by atoms with Gasteiger partial charge in [0.1, 0.15) is 11.4 Å². The number of carboxylic acid groups (broad SMARTS) is 1. The van der Waals surface area contributed by atoms with Gasteiger partial charge in [-0.25, -0.2) is 8.42 Å². The Kier molecular flexibility index (Phi) is 4.17. The molecule has 1 aliphatic heterocycles. The Bertz CT molecular complexity index is 547. The van der Waals surface area contributed by atoms with Crippen molar-refractivity contribution in [2.45, 2.75) is 23.8 Å². The molecule has 1 aromatic rings. The lowest BCUT2D eigenvalue weighted by Gasteiger charge is -2.22. The number of hydrogen-bond donors (Lipinski definition) is 2. The van der Waals surface area contributed by atoms with Crippen molar-refractivity contribution in [1.29, 1.82) is 0 Å². The zero-order chi connectivity index (χ0) is 13.9. The van der Waals surface area contributed by atoms with Gasteiger partial charge in [0.15, 0.2) is 0 Å². The predicted octanol–water partition coefficient (Wildman–Crippen LogP) is -0.402. The van der Waals surface area contributed by atoms with Gasteiger partial charge in [0.25, 0.3) is 0 Å². The van der Waals surface area contributed by atoms with E-state index in [-0.39, 0.29) is 10.9 Å². The van der Waals surface area contributed by atoms with E-state index in [4.69, 9.17) is 9.84 Å². The van der Waals surface area contributed by atoms with Crippen LogP contribution in [0.2, 0.25) is 0 Å². The minimum absolute atomic E-state index is 0.0276. The third-order valence-corrected chi connectivity index (χ3v) is 4.22. The topological polar surface area (TPSA) is 111 Å². The minimum Gasteiger partial charge on any atom is -0.480 e. The van der Waals surface area contributed by atoms with Crippen LogP contribution in [0.4, 0.5) is 0 Å². The van der Waals surface area contributed by atoms with Gasteiger partial charge >= 0.3 is 5.97 Å². The van der Waals surface area contributed by atoms with Gasteiger partial charge in [0, 0.05) is 19.4 Å². The number of rotatable bonds is 5. The molecule has 0 spiro atoms. The number of aliphatic carboxylic acids is 1. The maximum Gasteiger partial charge on any atom is 0.318 e. The Balaban J connectivity index is 2.09. The molecule has 0 bridgehead atoms. The number of nitrogens with zero attached hydrogens (tertiary/aromatic N) is 2. The molecular formula is C10H15N3O5S. The van der Waals surface area contributed by atoms with Crippen molar-refractivity contribution in [3.63, 3.8) is 0 Å². The lowest BCUT2D eigenvalue weighted by molar-refractivity contribution is -0.135. The first-order chi connectivity index (χ1) is 8.99. The van der Waals surface area contributed by atoms with Crippen LogP contribution >= 0.6 is 0 Å². The summed E-state index contributed by atoms with van der Waals surface area (Å²) in [6, 6.07) is 0.122. The molecular weight excluding hydrogens is 274 g/mol. The largest absolute Gasteiger partial charge is 0.480 e. The molecule has 0 aromatic carbocycles. The predicted molar refractivity (Wildman–Crippen MR) is 64.1 cm³/mol. The fourth-order valence-corrected chi connectivity index (χ4v) is 2.76. The highest BCUT2D eigenvalue weighted by Gasteiger charge is 2.21. The Morgan fingerprint density at radius 2 is 2.21 bits per heavy atom. The summed E-state index contributed by atoms with van der Waals surface area (Å²) in [6.45, 7) is 0.610. The number of nitrogens with one attached hydrogen (secondary N) is 1. The molecule has 0 unspecified atom stereocenters. The molecule has 1 aromatic heterocycles. The molecule has 1 aliphatic rings. The molecule has 2 heterocycles. The van der Waals surface area contributed by atoms with Gasteiger partial charge in [-0.05, 0) is 12.8 Å². The molecule has 2 N–H and O–H groups in total. The van der Waals surface area contributed by atoms with Crippen molar-refractivity contribution in [3.8, 4) is 0 Å². The average molecular weight is 289 g/mol. The molecule has 1 saturated heterocycles. The maximum atomic E-state index is 11.8. The third kappa shape index (κ3) is 3.52. The summed E-state index contributed by atoms with van der Waals surface area (Å²) in [5.41, 5.74) is 0. The quantitative estimate of drug-likeness (QED) is 0.763. The van der Waals surface area contributed by atoms with Crippen molar-refractivity contribution >= 4 is 16.0 Å². The first kappa shape index (κ1) is 14.0. The lowest BCUT2D eigenvalue weighted by Crippen LogP contribution is -2.29. The highest BCUT2D eigenvalue weighted by atomic mass is 32.2. The number of carboxylic acids is 1. The molecule has 0 aliphatic carbocycles. The van der Waals surface area contributed by atoms with Gasteiger partial charge in [-0.1, -0.05) is 0 Å². The van der Waals surface area contributed by atoms with Gasteiger partial charge < -0.3 is 9.84 Å². The SMILES string of the molecule is O=C(O)CNS(=O)(=O)c1cnn(C2CCOCC2)c1. The van der Waals surface area contributed by atoms with Gasteiger partial charge in [0.2, 0.25) is 10.0 Å². The Morgan fingerprint density at radius 1 is 1.53 bits per heavy atom. The van der Waals surface area contributed by atoms with E-state index in [0.29, 0.717) is 13.2 Å². The van der Waals surface area contributed by atoms with Crippen LogP contribution in [0.5, 0.6) is 0 Å². The van der Waals surface area contributed by atoms with Crippen LogP contribution in [0.25, 0.3) is 0 Å². The van der Waals surface area contributed by atoms with Crippen molar-refractivity contribution in [1.82, 2.24) is 14.5 Å². The Labute approximate surface area is 110 Å². The number of carbonyl (C=O) groups is 1. The molecule has 0 saturated carbocycles. The molecule has 1 fully saturated rings. The highest BCUT2D eigenvalue weighted by Crippen LogP contribution is 2.21. The van der Waals surface area contributed by atoms with E-state index in [0.717, 1.165) is 12.8 Å². The summed E-state index contributed by atoms with van der Waals surface area (Å²) in [5.74, 6) is -1.24. The standard InChI is InChI=1S/C10H15N3O5S/c14-10(15)6-12-19(16,17)9-5-11-13(7-9)8-1-3-18-4-2-8/h5,7-8,12H,1-4,6H2,(H,14,15). The van der Waals surface area contributed by atoms with E-state index in [1.54, 1.807) is 4.68 Å². The van der Waals surface area contributed by atoms with Crippen LogP contribution in [-0.4, -0.2) is 49.0 Å². The van der Waals surface area contributed by atoms with E-state index in [1.807, 2.05) is 4.72 Å². The molecule has 0 amide bonds. The van der Waals surface area contributed by atoms with Gasteiger partial charge in [0.05, 0.1) is 12.2 Å².